The molecular weight excluding hydrogens is 296 g/mol. The van der Waals surface area contributed by atoms with Crippen molar-refractivity contribution in [2.24, 2.45) is 0 Å². The lowest BCUT2D eigenvalue weighted by Crippen LogP contribution is -2.02. The highest BCUT2D eigenvalue weighted by atomic mass is 79.9. The number of hydrogen-bond donors (Lipinski definition) is 1. The summed E-state index contributed by atoms with van der Waals surface area (Å²) in [7, 11) is 0. The van der Waals surface area contributed by atoms with E-state index in [0.717, 1.165) is 22.9 Å². The van der Waals surface area contributed by atoms with Gasteiger partial charge < -0.3 is 10.5 Å². The van der Waals surface area contributed by atoms with Crippen LogP contribution in [0, 0.1) is 0 Å². The predicted octanol–water partition coefficient (Wildman–Crippen LogP) is 2.96. The molecule has 5 nitrogen and oxygen atoms in total. The van der Waals surface area contributed by atoms with E-state index in [1.54, 1.807) is 12.4 Å². The maximum atomic E-state index is 5.83. The molecule has 6 heteroatoms. The fraction of sp³-hybridized carbons (Fsp3) is 0.250. The van der Waals surface area contributed by atoms with Gasteiger partial charge in [-0.2, -0.15) is 0 Å². The van der Waals surface area contributed by atoms with Crippen molar-refractivity contribution in [3.8, 4) is 11.6 Å². The number of nitrogens with zero attached hydrogens (tertiary/aromatic N) is 3. The monoisotopic (exact) mass is 308 g/mol. The number of aromatic nitrogens is 3. The van der Waals surface area contributed by atoms with Crippen molar-refractivity contribution in [3.63, 3.8) is 0 Å². The van der Waals surface area contributed by atoms with E-state index in [-0.39, 0.29) is 0 Å². The second-order valence-electron chi connectivity index (χ2n) is 3.73. The Bertz CT molecular complexity index is 547. The average Bonchev–Trinajstić information content (AvgIpc) is 2.34. The van der Waals surface area contributed by atoms with E-state index < -0.39 is 0 Å². The summed E-state index contributed by atoms with van der Waals surface area (Å²) in [5, 5.41) is 0. The van der Waals surface area contributed by atoms with Crippen LogP contribution in [0.25, 0.3) is 0 Å². The highest BCUT2D eigenvalue weighted by Crippen LogP contribution is 2.27. The minimum absolute atomic E-state index is 0.463. The van der Waals surface area contributed by atoms with Crippen molar-refractivity contribution in [3.05, 3.63) is 34.8 Å². The summed E-state index contributed by atoms with van der Waals surface area (Å²) >= 11 is 3.34. The Kier molecular flexibility index (Phi) is 4.09. The van der Waals surface area contributed by atoms with Gasteiger partial charge in [-0.15, -0.1) is 0 Å². The quantitative estimate of drug-likeness (QED) is 0.940. The maximum Gasteiger partial charge on any atom is 0.227 e. The number of ether oxygens (including phenoxy) is 1. The van der Waals surface area contributed by atoms with E-state index in [9.17, 15) is 0 Å². The molecule has 18 heavy (non-hydrogen) atoms. The van der Waals surface area contributed by atoms with E-state index in [4.69, 9.17) is 10.5 Å². The van der Waals surface area contributed by atoms with Crippen LogP contribution in [0.4, 0.5) is 5.82 Å². The van der Waals surface area contributed by atoms with Crippen molar-refractivity contribution in [1.29, 1.82) is 0 Å². The number of nitrogen functional groups attached to an aromatic ring is 1. The molecule has 0 fully saturated rings. The molecule has 0 unspecified atom stereocenters. The van der Waals surface area contributed by atoms with Gasteiger partial charge in [0, 0.05) is 10.7 Å². The van der Waals surface area contributed by atoms with Gasteiger partial charge in [0.2, 0.25) is 5.88 Å². The van der Waals surface area contributed by atoms with Gasteiger partial charge in [0.15, 0.2) is 0 Å². The van der Waals surface area contributed by atoms with Gasteiger partial charge >= 0.3 is 0 Å². The SMILES string of the molecule is CCCc1c(N)ncnc1Oc1cncc(Br)c1. The third kappa shape index (κ3) is 2.95. The third-order valence-corrected chi connectivity index (χ3v) is 2.77. The second kappa shape index (κ2) is 5.77. The molecule has 0 amide bonds. The summed E-state index contributed by atoms with van der Waals surface area (Å²) in [6.45, 7) is 2.07. The summed E-state index contributed by atoms with van der Waals surface area (Å²) < 4.78 is 6.55. The molecule has 0 aromatic carbocycles. The number of rotatable bonds is 4. The zero-order chi connectivity index (χ0) is 13.0. The fourth-order valence-electron chi connectivity index (χ4n) is 1.54. The van der Waals surface area contributed by atoms with Crippen LogP contribution in [0.1, 0.15) is 18.9 Å². The first-order chi connectivity index (χ1) is 8.70. The Morgan fingerprint density at radius 1 is 1.33 bits per heavy atom. The molecule has 2 heterocycles. The molecule has 2 N–H and O–H groups in total. The van der Waals surface area contributed by atoms with Crippen LogP contribution in [0.2, 0.25) is 0 Å². The van der Waals surface area contributed by atoms with Gasteiger partial charge in [-0.25, -0.2) is 9.97 Å². The van der Waals surface area contributed by atoms with Crippen LogP contribution in [-0.4, -0.2) is 15.0 Å². The summed E-state index contributed by atoms with van der Waals surface area (Å²) in [6.07, 6.45) is 6.44. The molecule has 2 aromatic rings. The second-order valence-corrected chi connectivity index (χ2v) is 4.65. The average molecular weight is 309 g/mol. The van der Waals surface area contributed by atoms with Gasteiger partial charge in [-0.1, -0.05) is 13.3 Å². The van der Waals surface area contributed by atoms with Crippen LogP contribution >= 0.6 is 15.9 Å². The summed E-state index contributed by atoms with van der Waals surface area (Å²) in [5.41, 5.74) is 6.67. The Morgan fingerprint density at radius 3 is 2.89 bits per heavy atom. The molecule has 0 bridgehead atoms. The topological polar surface area (TPSA) is 73.9 Å². The molecular formula is C12H13BrN4O. The molecule has 2 rings (SSSR count). The third-order valence-electron chi connectivity index (χ3n) is 2.33. The highest BCUT2D eigenvalue weighted by molar-refractivity contribution is 9.10. The molecule has 2 aromatic heterocycles. The summed E-state index contributed by atoms with van der Waals surface area (Å²) in [4.78, 5) is 12.1. The van der Waals surface area contributed by atoms with E-state index in [0.29, 0.717) is 17.4 Å². The number of nitrogens with two attached hydrogens (primary N) is 1. The van der Waals surface area contributed by atoms with Gasteiger partial charge in [0.25, 0.3) is 0 Å². The lowest BCUT2D eigenvalue weighted by atomic mass is 10.2. The van der Waals surface area contributed by atoms with E-state index in [1.165, 1.54) is 6.33 Å². The number of anilines is 1. The first kappa shape index (κ1) is 12.8. The fourth-order valence-corrected chi connectivity index (χ4v) is 1.89. The Hall–Kier alpha value is -1.69. The maximum absolute atomic E-state index is 5.83. The van der Waals surface area contributed by atoms with Gasteiger partial charge in [-0.3, -0.25) is 4.98 Å². The van der Waals surface area contributed by atoms with Crippen LogP contribution in [0.3, 0.4) is 0 Å². The molecule has 0 aliphatic carbocycles. The standard InChI is InChI=1S/C12H13BrN4O/c1-2-3-10-11(14)16-7-17-12(10)18-9-4-8(13)5-15-6-9/h4-7H,2-3H2,1H3,(H2,14,16,17). The molecule has 0 radical (unpaired) electrons. The first-order valence-corrected chi connectivity index (χ1v) is 6.37. The molecule has 0 saturated carbocycles. The van der Waals surface area contributed by atoms with E-state index >= 15 is 0 Å². The van der Waals surface area contributed by atoms with Crippen molar-refractivity contribution < 1.29 is 4.74 Å². The van der Waals surface area contributed by atoms with Gasteiger partial charge in [-0.05, 0) is 28.4 Å². The van der Waals surface area contributed by atoms with Gasteiger partial charge in [0.05, 0.1) is 11.8 Å². The number of halogens is 1. The largest absolute Gasteiger partial charge is 0.437 e. The lowest BCUT2D eigenvalue weighted by molar-refractivity contribution is 0.452. The minimum Gasteiger partial charge on any atom is -0.437 e. The smallest absolute Gasteiger partial charge is 0.227 e. The molecule has 0 saturated heterocycles. The molecule has 94 valence electrons. The van der Waals surface area contributed by atoms with Crippen molar-refractivity contribution in [2.45, 2.75) is 19.8 Å². The highest BCUT2D eigenvalue weighted by Gasteiger charge is 2.10. The Balaban J connectivity index is 2.31. The van der Waals surface area contributed by atoms with Crippen LogP contribution in [0.5, 0.6) is 11.6 Å². The zero-order valence-corrected chi connectivity index (χ0v) is 11.5. The Morgan fingerprint density at radius 2 is 2.17 bits per heavy atom. The number of pyridine rings is 1. The van der Waals surface area contributed by atoms with E-state index in [2.05, 4.69) is 37.8 Å². The van der Waals surface area contributed by atoms with Crippen LogP contribution in [0.15, 0.2) is 29.3 Å². The zero-order valence-electron chi connectivity index (χ0n) is 9.93. The molecule has 0 atom stereocenters. The van der Waals surface area contributed by atoms with Gasteiger partial charge in [0.1, 0.15) is 17.9 Å². The molecule has 0 aliphatic rings. The molecule has 0 spiro atoms. The minimum atomic E-state index is 0.463. The Labute approximate surface area is 114 Å². The first-order valence-electron chi connectivity index (χ1n) is 5.58. The number of hydrogen-bond acceptors (Lipinski definition) is 5. The molecule has 0 aliphatic heterocycles. The summed E-state index contributed by atoms with van der Waals surface area (Å²) in [5.74, 6) is 1.56. The van der Waals surface area contributed by atoms with E-state index in [1.807, 2.05) is 6.07 Å². The van der Waals surface area contributed by atoms with Crippen LogP contribution in [-0.2, 0) is 6.42 Å². The van der Waals surface area contributed by atoms with Crippen LogP contribution < -0.4 is 10.5 Å². The van der Waals surface area contributed by atoms with Crippen molar-refractivity contribution in [2.75, 3.05) is 5.73 Å². The van der Waals surface area contributed by atoms with Crippen molar-refractivity contribution >= 4 is 21.7 Å². The predicted molar refractivity (Wildman–Crippen MR) is 72.5 cm³/mol. The lowest BCUT2D eigenvalue weighted by Gasteiger charge is -2.10. The normalized spacial score (nSPS) is 10.3. The summed E-state index contributed by atoms with van der Waals surface area (Å²) in [6, 6.07) is 1.82. The van der Waals surface area contributed by atoms with Crippen molar-refractivity contribution in [1.82, 2.24) is 15.0 Å².